The van der Waals surface area contributed by atoms with Gasteiger partial charge in [0.15, 0.2) is 0 Å². The molecule has 0 saturated carbocycles. The van der Waals surface area contributed by atoms with Crippen molar-refractivity contribution < 1.29 is 14.3 Å². The number of carbonyl (C=O) groups is 2. The summed E-state index contributed by atoms with van der Waals surface area (Å²) < 4.78 is 5.88. The number of likely N-dealkylation sites (N-methyl/N-ethyl adjacent to an activating group) is 1. The van der Waals surface area contributed by atoms with E-state index < -0.39 is 0 Å². The number of likely N-dealkylation sites (tertiary alicyclic amines) is 1. The third-order valence-electron chi connectivity index (χ3n) is 4.20. The summed E-state index contributed by atoms with van der Waals surface area (Å²) in [4.78, 5) is 29.1. The van der Waals surface area contributed by atoms with Gasteiger partial charge in [0.2, 0.25) is 11.8 Å². The van der Waals surface area contributed by atoms with Crippen molar-refractivity contribution in [3.8, 4) is 0 Å². The van der Waals surface area contributed by atoms with Gasteiger partial charge in [0.05, 0.1) is 10.9 Å². The first kappa shape index (κ1) is 17.6. The summed E-state index contributed by atoms with van der Waals surface area (Å²) in [7, 11) is 7.43. The van der Waals surface area contributed by atoms with E-state index in [1.54, 1.807) is 19.0 Å². The van der Waals surface area contributed by atoms with Gasteiger partial charge >= 0.3 is 0 Å². The Morgan fingerprint density at radius 1 is 1.27 bits per heavy atom. The summed E-state index contributed by atoms with van der Waals surface area (Å²) in [6, 6.07) is 0. The van der Waals surface area contributed by atoms with E-state index in [-0.39, 0.29) is 29.3 Å². The molecule has 2 aliphatic rings. The average molecular weight is 329 g/mol. The molecular formula is C15H27N3O3S. The summed E-state index contributed by atoms with van der Waals surface area (Å²) in [5.74, 6) is 1.16. The highest BCUT2D eigenvalue weighted by molar-refractivity contribution is 8.01. The maximum atomic E-state index is 12.0. The molecule has 0 aromatic carbocycles. The van der Waals surface area contributed by atoms with Gasteiger partial charge in [-0.3, -0.25) is 9.59 Å². The number of hydrogen-bond acceptors (Lipinski definition) is 5. The molecule has 6 nitrogen and oxygen atoms in total. The predicted octanol–water partition coefficient (Wildman–Crippen LogP) is 0.129. The standard InChI is InChI=1S/C15H27N3O3S/c1-16(2)6-5-13(19)18-10-15(11-18)7-12(9-22-15)21-8-14(20)17(3)4/h12H,5-11H2,1-4H3/t12-/m1/s1. The molecule has 2 amide bonds. The molecular weight excluding hydrogens is 302 g/mol. The van der Waals surface area contributed by atoms with Crippen molar-refractivity contribution in [1.82, 2.24) is 14.7 Å². The highest BCUT2D eigenvalue weighted by atomic mass is 32.2. The number of thioether (sulfide) groups is 1. The second-order valence-corrected chi connectivity index (χ2v) is 8.21. The lowest BCUT2D eigenvalue weighted by Crippen LogP contribution is -2.61. The summed E-state index contributed by atoms with van der Waals surface area (Å²) in [5.41, 5.74) is 0. The molecule has 2 saturated heterocycles. The molecule has 2 aliphatic heterocycles. The van der Waals surface area contributed by atoms with Gasteiger partial charge in [-0.15, -0.1) is 11.8 Å². The van der Waals surface area contributed by atoms with E-state index >= 15 is 0 Å². The monoisotopic (exact) mass is 329 g/mol. The Kier molecular flexibility index (Phi) is 5.74. The Morgan fingerprint density at radius 2 is 1.95 bits per heavy atom. The van der Waals surface area contributed by atoms with Gasteiger partial charge in [-0.25, -0.2) is 0 Å². The fourth-order valence-corrected chi connectivity index (χ4v) is 4.30. The van der Waals surface area contributed by atoms with Crippen LogP contribution in [0.5, 0.6) is 0 Å². The molecule has 0 aromatic heterocycles. The Balaban J connectivity index is 1.69. The fourth-order valence-electron chi connectivity index (χ4n) is 2.75. The third-order valence-corrected chi connectivity index (χ3v) is 5.78. The van der Waals surface area contributed by atoms with Crippen molar-refractivity contribution in [3.05, 3.63) is 0 Å². The minimum absolute atomic E-state index is 0.0000455. The molecule has 1 spiro atoms. The van der Waals surface area contributed by atoms with Crippen molar-refractivity contribution in [2.75, 3.05) is 60.2 Å². The number of amides is 2. The second kappa shape index (κ2) is 7.19. The van der Waals surface area contributed by atoms with Crippen molar-refractivity contribution in [3.63, 3.8) is 0 Å². The zero-order chi connectivity index (χ0) is 16.3. The molecule has 0 aromatic rings. The highest BCUT2D eigenvalue weighted by Crippen LogP contribution is 2.46. The zero-order valence-corrected chi connectivity index (χ0v) is 14.8. The van der Waals surface area contributed by atoms with Crippen LogP contribution < -0.4 is 0 Å². The van der Waals surface area contributed by atoms with E-state index in [0.29, 0.717) is 6.42 Å². The molecule has 0 radical (unpaired) electrons. The quantitative estimate of drug-likeness (QED) is 0.693. The smallest absolute Gasteiger partial charge is 0.248 e. The first-order chi connectivity index (χ1) is 10.3. The number of nitrogens with zero attached hydrogens (tertiary/aromatic N) is 3. The van der Waals surface area contributed by atoms with Crippen molar-refractivity contribution in [2.24, 2.45) is 0 Å². The van der Waals surface area contributed by atoms with Crippen LogP contribution in [0.4, 0.5) is 0 Å². The molecule has 0 aliphatic carbocycles. The van der Waals surface area contributed by atoms with Crippen LogP contribution in [-0.2, 0) is 14.3 Å². The lowest BCUT2D eigenvalue weighted by atomic mass is 9.92. The van der Waals surface area contributed by atoms with Gasteiger partial charge in [-0.1, -0.05) is 0 Å². The zero-order valence-electron chi connectivity index (χ0n) is 14.0. The van der Waals surface area contributed by atoms with Gasteiger partial charge in [0, 0.05) is 45.9 Å². The van der Waals surface area contributed by atoms with Crippen LogP contribution in [0.25, 0.3) is 0 Å². The van der Waals surface area contributed by atoms with Gasteiger partial charge in [0.1, 0.15) is 6.61 Å². The molecule has 0 bridgehead atoms. The van der Waals surface area contributed by atoms with Crippen molar-refractivity contribution in [2.45, 2.75) is 23.7 Å². The Hall–Kier alpha value is -0.790. The van der Waals surface area contributed by atoms with E-state index in [1.807, 2.05) is 35.7 Å². The first-order valence-electron chi connectivity index (χ1n) is 7.69. The molecule has 126 valence electrons. The summed E-state index contributed by atoms with van der Waals surface area (Å²) in [6.45, 7) is 2.60. The minimum Gasteiger partial charge on any atom is -0.367 e. The lowest BCUT2D eigenvalue weighted by Gasteiger charge is -2.47. The van der Waals surface area contributed by atoms with Gasteiger partial charge in [0.25, 0.3) is 0 Å². The Bertz CT molecular complexity index is 422. The number of carbonyl (C=O) groups excluding carboxylic acids is 2. The first-order valence-corrected chi connectivity index (χ1v) is 8.68. The van der Waals surface area contributed by atoms with Crippen LogP contribution in [0.3, 0.4) is 0 Å². The van der Waals surface area contributed by atoms with Crippen LogP contribution >= 0.6 is 11.8 Å². The molecule has 2 heterocycles. The molecule has 2 rings (SSSR count). The van der Waals surface area contributed by atoms with Crippen LogP contribution in [-0.4, -0.2) is 97.5 Å². The van der Waals surface area contributed by atoms with Gasteiger partial charge in [-0.2, -0.15) is 0 Å². The second-order valence-electron chi connectivity index (χ2n) is 6.72. The van der Waals surface area contributed by atoms with Crippen LogP contribution in [0.1, 0.15) is 12.8 Å². The SMILES string of the molecule is CN(C)CCC(=O)N1CC2(C[C@@H](OCC(=O)N(C)C)CS2)C1. The molecule has 7 heteroatoms. The molecule has 0 unspecified atom stereocenters. The van der Waals surface area contributed by atoms with E-state index in [1.165, 1.54) is 0 Å². The van der Waals surface area contributed by atoms with E-state index in [4.69, 9.17) is 4.74 Å². The summed E-state index contributed by atoms with van der Waals surface area (Å²) in [6.07, 6.45) is 1.66. The number of hydrogen-bond donors (Lipinski definition) is 0. The normalized spacial score (nSPS) is 23.0. The van der Waals surface area contributed by atoms with Crippen molar-refractivity contribution >= 4 is 23.6 Å². The molecule has 22 heavy (non-hydrogen) atoms. The average Bonchev–Trinajstić information content (AvgIpc) is 2.84. The largest absolute Gasteiger partial charge is 0.367 e. The third kappa shape index (κ3) is 4.36. The number of rotatable bonds is 6. The van der Waals surface area contributed by atoms with E-state index in [0.717, 1.165) is 31.8 Å². The lowest BCUT2D eigenvalue weighted by molar-refractivity contribution is -0.137. The molecule has 0 N–H and O–H groups in total. The van der Waals surface area contributed by atoms with Gasteiger partial charge < -0.3 is 19.4 Å². The predicted molar refractivity (Wildman–Crippen MR) is 88.0 cm³/mol. The van der Waals surface area contributed by atoms with Crippen LogP contribution in [0.15, 0.2) is 0 Å². The van der Waals surface area contributed by atoms with Crippen LogP contribution in [0, 0.1) is 0 Å². The highest BCUT2D eigenvalue weighted by Gasteiger charge is 2.50. The molecule has 1 atom stereocenters. The summed E-state index contributed by atoms with van der Waals surface area (Å²) >= 11 is 1.89. The Morgan fingerprint density at radius 3 is 2.55 bits per heavy atom. The fraction of sp³-hybridized carbons (Fsp3) is 0.867. The van der Waals surface area contributed by atoms with Gasteiger partial charge in [-0.05, 0) is 20.5 Å². The molecule has 2 fully saturated rings. The maximum absolute atomic E-state index is 12.0. The van der Waals surface area contributed by atoms with Crippen molar-refractivity contribution in [1.29, 1.82) is 0 Å². The van der Waals surface area contributed by atoms with E-state index in [2.05, 4.69) is 0 Å². The number of ether oxygens (including phenoxy) is 1. The topological polar surface area (TPSA) is 53.1 Å². The summed E-state index contributed by atoms with van der Waals surface area (Å²) in [5, 5.41) is 0. The van der Waals surface area contributed by atoms with Crippen LogP contribution in [0.2, 0.25) is 0 Å². The van der Waals surface area contributed by atoms with E-state index in [9.17, 15) is 9.59 Å². The Labute approximate surface area is 137 Å². The minimum atomic E-state index is 0.0000455. The maximum Gasteiger partial charge on any atom is 0.248 e.